The van der Waals surface area contributed by atoms with Crippen molar-refractivity contribution < 1.29 is 24.5 Å². The monoisotopic (exact) mass is 922 g/mol. The highest BCUT2D eigenvalue weighted by molar-refractivity contribution is 5.77. The third kappa shape index (κ3) is 47.8. The zero-order valence-electron chi connectivity index (χ0n) is 43.6. The minimum atomic E-state index is -0.810. The fourth-order valence-electron chi connectivity index (χ4n) is 8.47. The van der Waals surface area contributed by atoms with Gasteiger partial charge in [0, 0.05) is 6.42 Å². The van der Waals surface area contributed by atoms with Crippen molar-refractivity contribution in [3.63, 3.8) is 0 Å². The van der Waals surface area contributed by atoms with Gasteiger partial charge in [0.15, 0.2) is 0 Å². The Hall–Kier alpha value is -2.70. The predicted octanol–water partition coefficient (Wildman–Crippen LogP) is 17.3. The van der Waals surface area contributed by atoms with E-state index < -0.39 is 18.2 Å². The molecule has 0 aliphatic carbocycles. The molecule has 0 aromatic carbocycles. The molecule has 3 unspecified atom stereocenters. The summed E-state index contributed by atoms with van der Waals surface area (Å²) >= 11 is 0. The lowest BCUT2D eigenvalue weighted by Gasteiger charge is -2.24. The van der Waals surface area contributed by atoms with Crippen molar-refractivity contribution in [2.75, 3.05) is 6.61 Å². The molecule has 0 saturated heterocycles. The average Bonchev–Trinajstić information content (AvgIpc) is 3.31. The number of unbranched alkanes of at least 4 members (excludes halogenated alkanes) is 31. The standard InChI is InChI=1S/C60H107NO5/c1-4-7-10-13-16-19-22-25-28-29-32-35-38-41-44-47-50-53-60(65)66-56(51-48-45-42-39-36-33-30-26-23-20-17-14-11-8-5-2)54-59(64)61-57(55-62)58(63)52-49-46-43-40-37-34-31-27-24-21-18-15-12-9-6-3/h8,11,14,17,20,23,26,30,33,36,39,42,56-58,62-63H,4-7,9-10,12-13,15-16,18-19,21-22,24-25,27-29,31-32,34-35,37-38,40-41,43-55H2,1-3H3,(H,61,64)/b11-8-,17-14+,23-20+,30-26-,36-33+,42-39+. The normalized spacial score (nSPS) is 13.7. The van der Waals surface area contributed by atoms with Crippen molar-refractivity contribution in [2.24, 2.45) is 0 Å². The molecule has 3 N–H and O–H groups in total. The lowest BCUT2D eigenvalue weighted by Crippen LogP contribution is -2.46. The molecule has 0 fully saturated rings. The highest BCUT2D eigenvalue weighted by Crippen LogP contribution is 2.18. The first kappa shape index (κ1) is 63.3. The number of nitrogens with one attached hydrogen (secondary N) is 1. The van der Waals surface area contributed by atoms with E-state index in [-0.39, 0.29) is 24.9 Å². The summed E-state index contributed by atoms with van der Waals surface area (Å²) in [6, 6.07) is -0.728. The van der Waals surface area contributed by atoms with Crippen LogP contribution in [0.25, 0.3) is 0 Å². The van der Waals surface area contributed by atoms with Crippen LogP contribution in [0.2, 0.25) is 0 Å². The second-order valence-corrected chi connectivity index (χ2v) is 19.1. The Morgan fingerprint density at radius 2 is 0.818 bits per heavy atom. The van der Waals surface area contributed by atoms with Gasteiger partial charge in [-0.05, 0) is 38.5 Å². The number of amides is 1. The van der Waals surface area contributed by atoms with Crippen molar-refractivity contribution in [3.8, 4) is 0 Å². The van der Waals surface area contributed by atoms with Crippen LogP contribution >= 0.6 is 0 Å². The summed E-state index contributed by atoms with van der Waals surface area (Å²) in [7, 11) is 0. The molecule has 0 radical (unpaired) electrons. The van der Waals surface area contributed by atoms with E-state index in [2.05, 4.69) is 38.2 Å². The topological polar surface area (TPSA) is 95.9 Å². The fraction of sp³-hybridized carbons (Fsp3) is 0.767. The molecule has 6 nitrogen and oxygen atoms in total. The van der Waals surface area contributed by atoms with Crippen LogP contribution < -0.4 is 5.32 Å². The summed E-state index contributed by atoms with van der Waals surface area (Å²) in [5.74, 6) is -0.541. The second-order valence-electron chi connectivity index (χ2n) is 19.1. The number of hydrogen-bond donors (Lipinski definition) is 3. The lowest BCUT2D eigenvalue weighted by molar-refractivity contribution is -0.151. The van der Waals surface area contributed by atoms with E-state index in [0.29, 0.717) is 19.3 Å². The number of ether oxygens (including phenoxy) is 1. The van der Waals surface area contributed by atoms with Gasteiger partial charge in [-0.3, -0.25) is 9.59 Å². The van der Waals surface area contributed by atoms with Crippen molar-refractivity contribution in [1.29, 1.82) is 0 Å². The summed E-state index contributed by atoms with van der Waals surface area (Å²) in [4.78, 5) is 26.2. The van der Waals surface area contributed by atoms with Gasteiger partial charge in [0.1, 0.15) is 6.10 Å². The third-order valence-electron chi connectivity index (χ3n) is 12.7. The zero-order chi connectivity index (χ0) is 48.1. The van der Waals surface area contributed by atoms with Gasteiger partial charge in [-0.2, -0.15) is 0 Å². The van der Waals surface area contributed by atoms with Crippen molar-refractivity contribution in [3.05, 3.63) is 72.9 Å². The largest absolute Gasteiger partial charge is 0.462 e. The molecule has 0 heterocycles. The Labute approximate surface area is 409 Å². The van der Waals surface area contributed by atoms with Crippen molar-refractivity contribution >= 4 is 11.9 Å². The van der Waals surface area contributed by atoms with Gasteiger partial charge in [0.05, 0.1) is 25.2 Å². The first-order valence-corrected chi connectivity index (χ1v) is 28.2. The van der Waals surface area contributed by atoms with Crippen LogP contribution in [0, 0.1) is 0 Å². The van der Waals surface area contributed by atoms with E-state index in [1.54, 1.807) is 0 Å². The molecule has 0 aromatic heterocycles. The molecular formula is C60H107NO5. The average molecular weight is 923 g/mol. The Kier molecular flexibility index (Phi) is 51.1. The molecule has 0 aliphatic heterocycles. The predicted molar refractivity (Wildman–Crippen MR) is 287 cm³/mol. The highest BCUT2D eigenvalue weighted by atomic mass is 16.5. The minimum Gasteiger partial charge on any atom is -0.462 e. The Bertz CT molecular complexity index is 1220. The number of hydrogen-bond acceptors (Lipinski definition) is 5. The third-order valence-corrected chi connectivity index (χ3v) is 12.7. The van der Waals surface area contributed by atoms with E-state index >= 15 is 0 Å². The lowest BCUT2D eigenvalue weighted by atomic mass is 10.0. The molecule has 0 bridgehead atoms. The van der Waals surface area contributed by atoms with Crippen LogP contribution in [-0.4, -0.2) is 46.9 Å². The quantitative estimate of drug-likeness (QED) is 0.0321. The molecule has 0 aliphatic rings. The second kappa shape index (κ2) is 53.3. The maximum Gasteiger partial charge on any atom is 0.306 e. The molecule has 3 atom stereocenters. The SMILES string of the molecule is CC\C=C/C=C/C=C/C=C\C=C\C=C\CCCC(CC(=O)NC(CO)C(O)CCCCCCCCCCCCCCCCC)OC(=O)CCCCCCCCCCCCCCCCCCC. The highest BCUT2D eigenvalue weighted by Gasteiger charge is 2.24. The number of carbonyl (C=O) groups excluding carboxylic acids is 2. The molecule has 66 heavy (non-hydrogen) atoms. The molecule has 0 rings (SSSR count). The van der Waals surface area contributed by atoms with Gasteiger partial charge in [0.2, 0.25) is 5.91 Å². The first-order valence-electron chi connectivity index (χ1n) is 28.2. The van der Waals surface area contributed by atoms with Crippen molar-refractivity contribution in [1.82, 2.24) is 5.32 Å². The summed E-state index contributed by atoms with van der Waals surface area (Å²) in [5, 5.41) is 23.8. The first-order chi connectivity index (χ1) is 32.5. The van der Waals surface area contributed by atoms with Crippen LogP contribution in [0.3, 0.4) is 0 Å². The molecule has 1 amide bonds. The van der Waals surface area contributed by atoms with Gasteiger partial charge in [-0.25, -0.2) is 0 Å². The Morgan fingerprint density at radius 3 is 1.21 bits per heavy atom. The van der Waals surface area contributed by atoms with Crippen molar-refractivity contribution in [2.45, 2.75) is 289 Å². The van der Waals surface area contributed by atoms with Crippen LogP contribution in [0.5, 0.6) is 0 Å². The Balaban J connectivity index is 4.65. The zero-order valence-corrected chi connectivity index (χ0v) is 43.6. The molecule has 0 spiro atoms. The van der Waals surface area contributed by atoms with Crippen LogP contribution in [0.1, 0.15) is 271 Å². The van der Waals surface area contributed by atoms with Crippen LogP contribution in [-0.2, 0) is 14.3 Å². The van der Waals surface area contributed by atoms with Crippen LogP contribution in [0.15, 0.2) is 72.9 Å². The molecule has 0 saturated carbocycles. The fourth-order valence-corrected chi connectivity index (χ4v) is 8.47. The summed E-state index contributed by atoms with van der Waals surface area (Å²) in [5.41, 5.74) is 0. The maximum atomic E-state index is 13.2. The molecule has 6 heteroatoms. The summed E-state index contributed by atoms with van der Waals surface area (Å²) in [6.07, 6.45) is 68.3. The summed E-state index contributed by atoms with van der Waals surface area (Å²) < 4.78 is 5.92. The number of esters is 1. The van der Waals surface area contributed by atoms with Gasteiger partial charge >= 0.3 is 5.97 Å². The van der Waals surface area contributed by atoms with Crippen LogP contribution in [0.4, 0.5) is 0 Å². The van der Waals surface area contributed by atoms with E-state index in [0.717, 1.165) is 57.8 Å². The molecule has 382 valence electrons. The summed E-state index contributed by atoms with van der Waals surface area (Å²) in [6.45, 7) is 6.34. The van der Waals surface area contributed by atoms with Gasteiger partial charge in [-0.15, -0.1) is 0 Å². The van der Waals surface area contributed by atoms with Gasteiger partial charge < -0.3 is 20.3 Å². The van der Waals surface area contributed by atoms with Gasteiger partial charge in [-0.1, -0.05) is 293 Å². The Morgan fingerprint density at radius 1 is 0.455 bits per heavy atom. The molecular weight excluding hydrogens is 815 g/mol. The minimum absolute atomic E-state index is 0.0268. The number of aliphatic hydroxyl groups excluding tert-OH is 2. The molecule has 0 aromatic rings. The number of rotatable bonds is 50. The number of allylic oxidation sites excluding steroid dienone is 12. The smallest absolute Gasteiger partial charge is 0.306 e. The van der Waals surface area contributed by atoms with Gasteiger partial charge in [0.25, 0.3) is 0 Å². The van der Waals surface area contributed by atoms with E-state index in [1.807, 2.05) is 60.8 Å². The van der Waals surface area contributed by atoms with E-state index in [9.17, 15) is 19.8 Å². The van der Waals surface area contributed by atoms with E-state index in [1.165, 1.54) is 167 Å². The number of carbonyl (C=O) groups is 2. The maximum absolute atomic E-state index is 13.2. The van der Waals surface area contributed by atoms with E-state index in [4.69, 9.17) is 4.74 Å². The number of aliphatic hydroxyl groups is 2.